The van der Waals surface area contributed by atoms with Crippen LogP contribution in [0.25, 0.3) is 0 Å². The van der Waals surface area contributed by atoms with Gasteiger partial charge in [0.1, 0.15) is 5.25 Å². The average Bonchev–Trinajstić information content (AvgIpc) is 3.53. The molecule has 1 aromatic rings. The minimum absolute atomic E-state index is 0.115. The number of amides is 1. The minimum atomic E-state index is -1.04. The highest BCUT2D eigenvalue weighted by Crippen LogP contribution is 2.38. The van der Waals surface area contributed by atoms with E-state index in [1.54, 1.807) is 0 Å². The Bertz CT molecular complexity index is 728. The Morgan fingerprint density at radius 1 is 1.31 bits per heavy atom. The molecule has 1 aliphatic carbocycles. The van der Waals surface area contributed by atoms with E-state index in [4.69, 9.17) is 11.6 Å². The van der Waals surface area contributed by atoms with Crippen LogP contribution in [0.5, 0.6) is 0 Å². The monoisotopic (exact) mass is 440 g/mol. The maximum absolute atomic E-state index is 13.4. The van der Waals surface area contributed by atoms with Crippen LogP contribution in [-0.4, -0.2) is 55.6 Å². The van der Waals surface area contributed by atoms with E-state index in [1.165, 1.54) is 0 Å². The predicted octanol–water partition coefficient (Wildman–Crippen LogP) is 3.63. The summed E-state index contributed by atoms with van der Waals surface area (Å²) in [4.78, 5) is 26.5. The summed E-state index contributed by atoms with van der Waals surface area (Å²) in [6.45, 7) is 2.53. The van der Waals surface area contributed by atoms with Gasteiger partial charge in [-0.15, -0.1) is 4.31 Å². The van der Waals surface area contributed by atoms with Crippen LogP contribution in [0.15, 0.2) is 24.3 Å². The molecule has 4 atom stereocenters. The molecule has 1 heterocycles. The van der Waals surface area contributed by atoms with Crippen molar-refractivity contribution in [3.8, 4) is 0 Å². The number of carbonyl (C=O) groups is 2. The molecule has 1 N–H and O–H groups in total. The first-order valence-corrected chi connectivity index (χ1v) is 11.8. The molecule has 6 nitrogen and oxygen atoms in total. The number of aliphatic carboxylic acids is 1. The van der Waals surface area contributed by atoms with Crippen LogP contribution < -0.4 is 0 Å². The van der Waals surface area contributed by atoms with Gasteiger partial charge >= 0.3 is 5.97 Å². The van der Waals surface area contributed by atoms with Crippen molar-refractivity contribution in [1.82, 2.24) is 9.21 Å². The first-order valence-electron chi connectivity index (χ1n) is 10.2. The molecule has 0 spiro atoms. The molecule has 1 saturated carbocycles. The van der Waals surface area contributed by atoms with Crippen LogP contribution in [-0.2, 0) is 21.0 Å². The van der Waals surface area contributed by atoms with Crippen molar-refractivity contribution in [2.75, 3.05) is 13.6 Å². The molecule has 1 aliphatic heterocycles. The van der Waals surface area contributed by atoms with E-state index in [9.17, 15) is 19.2 Å². The van der Waals surface area contributed by atoms with Gasteiger partial charge in [-0.05, 0) is 37.0 Å². The highest BCUT2D eigenvalue weighted by Gasteiger charge is 2.43. The average molecular weight is 441 g/mol. The Kier molecular flexibility index (Phi) is 7.48. The third-order valence-electron chi connectivity index (χ3n) is 5.85. The van der Waals surface area contributed by atoms with Crippen molar-refractivity contribution in [1.29, 1.82) is 0 Å². The zero-order valence-electron chi connectivity index (χ0n) is 16.9. The highest BCUT2D eigenvalue weighted by molar-refractivity contribution is 7.90. The number of carbonyl (C=O) groups excluding carboxylic acids is 1. The summed E-state index contributed by atoms with van der Waals surface area (Å²) in [5.74, 6) is -1.58. The Balaban J connectivity index is 1.85. The van der Waals surface area contributed by atoms with Gasteiger partial charge in [-0.25, -0.2) is 0 Å². The molecule has 1 aromatic carbocycles. The van der Waals surface area contributed by atoms with Crippen molar-refractivity contribution in [2.24, 2.45) is 5.92 Å². The number of piperidine rings is 1. The van der Waals surface area contributed by atoms with Gasteiger partial charge in [0, 0.05) is 48.2 Å². The molecule has 1 amide bonds. The zero-order valence-corrected chi connectivity index (χ0v) is 18.5. The van der Waals surface area contributed by atoms with E-state index >= 15 is 0 Å². The highest BCUT2D eigenvalue weighted by atomic mass is 35.5. The maximum atomic E-state index is 13.4. The molecule has 1 saturated heterocycles. The Labute approximate surface area is 180 Å². The van der Waals surface area contributed by atoms with Gasteiger partial charge < -0.3 is 14.6 Å². The summed E-state index contributed by atoms with van der Waals surface area (Å²) in [6.07, 6.45) is 3.80. The number of nitrogens with zero attached hydrogens (tertiary/aromatic N) is 2. The van der Waals surface area contributed by atoms with Gasteiger partial charge in [-0.2, -0.15) is 0 Å². The van der Waals surface area contributed by atoms with Gasteiger partial charge in [-0.3, -0.25) is 9.59 Å². The third kappa shape index (κ3) is 5.45. The number of hydrogen-bond acceptors (Lipinski definition) is 4. The third-order valence-corrected chi connectivity index (χ3v) is 7.91. The first-order chi connectivity index (χ1) is 13.8. The van der Waals surface area contributed by atoms with E-state index < -0.39 is 23.2 Å². The standard InChI is InChI=1S/C21H29ClN2O4S/c1-3-17(13-23(2)29(28)18-9-10-18)24-19(14-4-7-16(22)8-5-14)11-6-15(21(24)27)12-20(25)26/h4-5,7-8,15,17-19H,3,6,9-13H2,1-2H3,(H,25,26). The van der Waals surface area contributed by atoms with E-state index in [-0.39, 0.29) is 29.7 Å². The van der Waals surface area contributed by atoms with Crippen molar-refractivity contribution in [3.63, 3.8) is 0 Å². The molecule has 160 valence electrons. The lowest BCUT2D eigenvalue weighted by Crippen LogP contribution is -2.53. The lowest BCUT2D eigenvalue weighted by Gasteiger charge is -2.44. The van der Waals surface area contributed by atoms with Crippen molar-refractivity contribution < 1.29 is 19.2 Å². The smallest absolute Gasteiger partial charge is 0.304 e. The molecular formula is C21H29ClN2O4S. The van der Waals surface area contributed by atoms with Crippen LogP contribution in [0.4, 0.5) is 0 Å². The topological polar surface area (TPSA) is 83.9 Å². The van der Waals surface area contributed by atoms with E-state index in [0.29, 0.717) is 30.8 Å². The second kappa shape index (κ2) is 9.69. The summed E-state index contributed by atoms with van der Waals surface area (Å²) in [5.41, 5.74) is 1.00. The number of carboxylic acids is 1. The Morgan fingerprint density at radius 3 is 2.52 bits per heavy atom. The maximum Gasteiger partial charge on any atom is 0.304 e. The molecule has 8 heteroatoms. The van der Waals surface area contributed by atoms with Crippen LogP contribution in [0, 0.1) is 5.92 Å². The van der Waals surface area contributed by atoms with E-state index in [1.807, 2.05) is 47.4 Å². The lowest BCUT2D eigenvalue weighted by molar-refractivity contribution is -0.151. The first kappa shape index (κ1) is 22.4. The van der Waals surface area contributed by atoms with Gasteiger partial charge in [-0.1, -0.05) is 30.7 Å². The number of likely N-dealkylation sites (tertiary alicyclic amines) is 1. The van der Waals surface area contributed by atoms with Gasteiger partial charge in [0.05, 0.1) is 19.0 Å². The number of carboxylic acid groups (broad SMARTS) is 1. The summed E-state index contributed by atoms with van der Waals surface area (Å²) in [7, 11) is 1.84. The van der Waals surface area contributed by atoms with E-state index in [2.05, 4.69) is 0 Å². The van der Waals surface area contributed by atoms with Crippen LogP contribution in [0.3, 0.4) is 0 Å². The normalized spacial score (nSPS) is 24.6. The fourth-order valence-electron chi connectivity index (χ4n) is 4.14. The summed E-state index contributed by atoms with van der Waals surface area (Å²) in [6, 6.07) is 7.24. The molecule has 2 aliphatic rings. The largest absolute Gasteiger partial charge is 0.598 e. The number of hydrogen-bond donors (Lipinski definition) is 1. The minimum Gasteiger partial charge on any atom is -0.598 e. The van der Waals surface area contributed by atoms with Crippen molar-refractivity contribution >= 4 is 34.8 Å². The number of rotatable bonds is 9. The Hall–Kier alpha value is -1.28. The SMILES string of the molecule is CCC(CN(C)[S+]([O-])C1CC1)N1C(=O)C(CC(=O)O)CCC1c1ccc(Cl)cc1. The Morgan fingerprint density at radius 2 is 1.97 bits per heavy atom. The van der Waals surface area contributed by atoms with Gasteiger partial charge in [0.2, 0.25) is 5.91 Å². The number of likely N-dealkylation sites (N-methyl/N-ethyl adjacent to an activating group) is 1. The van der Waals surface area contributed by atoms with Crippen LogP contribution >= 0.6 is 11.6 Å². The number of halogens is 1. The summed E-state index contributed by atoms with van der Waals surface area (Å²) >= 11 is 5.00. The molecular weight excluding hydrogens is 412 g/mol. The molecule has 2 fully saturated rings. The quantitative estimate of drug-likeness (QED) is 0.593. The van der Waals surface area contributed by atoms with Crippen molar-refractivity contribution in [3.05, 3.63) is 34.9 Å². The molecule has 0 radical (unpaired) electrons. The fraction of sp³-hybridized carbons (Fsp3) is 0.619. The predicted molar refractivity (Wildman–Crippen MR) is 114 cm³/mol. The van der Waals surface area contributed by atoms with Crippen LogP contribution in [0.1, 0.15) is 57.1 Å². The molecule has 3 rings (SSSR count). The molecule has 4 unspecified atom stereocenters. The summed E-state index contributed by atoms with van der Waals surface area (Å²) in [5, 5.41) is 10.1. The van der Waals surface area contributed by atoms with E-state index in [0.717, 1.165) is 18.4 Å². The lowest BCUT2D eigenvalue weighted by atomic mass is 9.85. The van der Waals surface area contributed by atoms with Crippen LogP contribution in [0.2, 0.25) is 5.02 Å². The van der Waals surface area contributed by atoms with Gasteiger partial charge in [0.15, 0.2) is 0 Å². The van der Waals surface area contributed by atoms with Crippen molar-refractivity contribution in [2.45, 2.75) is 62.8 Å². The molecule has 0 bridgehead atoms. The second-order valence-corrected chi connectivity index (χ2v) is 10.3. The second-order valence-electron chi connectivity index (χ2n) is 8.03. The molecule has 29 heavy (non-hydrogen) atoms. The molecule has 0 aromatic heterocycles. The fourth-order valence-corrected chi connectivity index (χ4v) is 5.63. The zero-order chi connectivity index (χ0) is 21.1. The summed E-state index contributed by atoms with van der Waals surface area (Å²) < 4.78 is 14.4. The van der Waals surface area contributed by atoms with Gasteiger partial charge in [0.25, 0.3) is 0 Å². The number of benzene rings is 1.